The second-order valence-corrected chi connectivity index (χ2v) is 6.39. The number of amides is 2. The van der Waals surface area contributed by atoms with E-state index in [4.69, 9.17) is 0 Å². The molecule has 0 saturated carbocycles. The monoisotopic (exact) mass is 333 g/mol. The van der Waals surface area contributed by atoms with Crippen LogP contribution >= 0.6 is 11.3 Å². The molecule has 1 N–H and O–H groups in total. The summed E-state index contributed by atoms with van der Waals surface area (Å²) in [5.41, 5.74) is -0.698. The first-order chi connectivity index (χ1) is 11.0. The Morgan fingerprint density at radius 2 is 2.09 bits per heavy atom. The van der Waals surface area contributed by atoms with Gasteiger partial charge in [-0.25, -0.2) is 9.37 Å². The van der Waals surface area contributed by atoms with Gasteiger partial charge in [-0.15, -0.1) is 11.3 Å². The fourth-order valence-electron chi connectivity index (χ4n) is 2.66. The molecular weight excluding hydrogens is 317 g/mol. The number of carbonyl (C=O) groups is 2. The maximum Gasteiger partial charge on any atom is 0.273 e. The van der Waals surface area contributed by atoms with Gasteiger partial charge in [0.1, 0.15) is 5.69 Å². The van der Waals surface area contributed by atoms with E-state index in [9.17, 15) is 9.59 Å². The molecule has 0 bridgehead atoms. The van der Waals surface area contributed by atoms with Crippen LogP contribution in [-0.2, 0) is 10.5 Å². The summed E-state index contributed by atoms with van der Waals surface area (Å²) < 4.78 is 15.1. The molecule has 2 heterocycles. The van der Waals surface area contributed by atoms with Crippen LogP contribution in [0.1, 0.15) is 29.4 Å². The van der Waals surface area contributed by atoms with Crippen LogP contribution in [0.25, 0.3) is 0 Å². The number of halogens is 1. The van der Waals surface area contributed by atoms with Crippen LogP contribution < -0.4 is 5.32 Å². The zero-order valence-corrected chi connectivity index (χ0v) is 13.4. The molecule has 7 heteroatoms. The Hall–Kier alpha value is -2.28. The number of thiazole rings is 1. The number of nitrogens with zero attached hydrogens (tertiary/aromatic N) is 2. The third kappa shape index (κ3) is 3.24. The highest BCUT2D eigenvalue weighted by Crippen LogP contribution is 2.36. The van der Waals surface area contributed by atoms with Crippen LogP contribution in [0.5, 0.6) is 0 Å². The van der Waals surface area contributed by atoms with Gasteiger partial charge in [-0.3, -0.25) is 9.59 Å². The fraction of sp³-hybridized carbons (Fsp3) is 0.312. The molecule has 1 aromatic heterocycles. The summed E-state index contributed by atoms with van der Waals surface area (Å²) in [4.78, 5) is 29.0. The lowest BCUT2D eigenvalue weighted by Crippen LogP contribution is -2.32. The van der Waals surface area contributed by atoms with Gasteiger partial charge in [-0.2, -0.15) is 0 Å². The van der Waals surface area contributed by atoms with Gasteiger partial charge in [0.15, 0.2) is 10.8 Å². The highest BCUT2D eigenvalue weighted by Gasteiger charge is 2.42. The van der Waals surface area contributed by atoms with Gasteiger partial charge in [-0.05, 0) is 5.56 Å². The highest BCUT2D eigenvalue weighted by molar-refractivity contribution is 7.14. The molecule has 1 fully saturated rings. The molecule has 0 aliphatic carbocycles. The lowest BCUT2D eigenvalue weighted by atomic mass is 9.95. The summed E-state index contributed by atoms with van der Waals surface area (Å²) in [6.45, 7) is 1.74. The highest BCUT2D eigenvalue weighted by atomic mass is 32.1. The predicted octanol–water partition coefficient (Wildman–Crippen LogP) is 2.81. The van der Waals surface area contributed by atoms with Gasteiger partial charge in [0.05, 0.1) is 6.54 Å². The van der Waals surface area contributed by atoms with Crippen molar-refractivity contribution < 1.29 is 14.0 Å². The number of hydrogen-bond acceptors (Lipinski definition) is 4. The third-order valence-electron chi connectivity index (χ3n) is 3.80. The molecule has 1 aromatic carbocycles. The Bertz CT molecular complexity index is 734. The number of alkyl halides is 1. The van der Waals surface area contributed by atoms with E-state index in [2.05, 4.69) is 10.3 Å². The molecular formula is C16H16FN3O2S. The Balaban J connectivity index is 1.72. The van der Waals surface area contributed by atoms with E-state index < -0.39 is 5.67 Å². The summed E-state index contributed by atoms with van der Waals surface area (Å²) in [6.07, 6.45) is 0.269. The van der Waals surface area contributed by atoms with Crippen LogP contribution in [0.2, 0.25) is 0 Å². The number of nitrogens with one attached hydrogen (secondary N) is 1. The average molecular weight is 333 g/mol. The predicted molar refractivity (Wildman–Crippen MR) is 86.2 cm³/mol. The van der Waals surface area contributed by atoms with Crippen molar-refractivity contribution in [3.05, 3.63) is 47.0 Å². The van der Waals surface area contributed by atoms with Crippen molar-refractivity contribution >= 4 is 28.3 Å². The first-order valence-corrected chi connectivity index (χ1v) is 8.13. The first-order valence-electron chi connectivity index (χ1n) is 7.25. The fourth-order valence-corrected chi connectivity index (χ4v) is 3.39. The zero-order chi connectivity index (χ0) is 16.4. The van der Waals surface area contributed by atoms with Crippen LogP contribution in [0.3, 0.4) is 0 Å². The molecule has 1 unspecified atom stereocenters. The van der Waals surface area contributed by atoms with Crippen molar-refractivity contribution in [2.75, 3.05) is 18.4 Å². The largest absolute Gasteiger partial charge is 0.334 e. The maximum absolute atomic E-state index is 15.1. The van der Waals surface area contributed by atoms with E-state index in [-0.39, 0.29) is 30.5 Å². The molecule has 1 atom stereocenters. The SMILES string of the molecule is CC(=O)Nc1nc(C(=O)N2CCC(F)(c3ccccc3)C2)cs1. The van der Waals surface area contributed by atoms with Crippen LogP contribution in [0.15, 0.2) is 35.7 Å². The van der Waals surface area contributed by atoms with Gasteiger partial charge in [0.25, 0.3) is 5.91 Å². The zero-order valence-electron chi connectivity index (χ0n) is 12.6. The van der Waals surface area contributed by atoms with Gasteiger partial charge in [0, 0.05) is 25.3 Å². The molecule has 1 saturated heterocycles. The van der Waals surface area contributed by atoms with E-state index in [0.717, 1.165) is 0 Å². The molecule has 5 nitrogen and oxygen atoms in total. The maximum atomic E-state index is 15.1. The van der Waals surface area contributed by atoms with E-state index in [1.165, 1.54) is 23.2 Å². The normalized spacial score (nSPS) is 20.5. The Morgan fingerprint density at radius 1 is 1.35 bits per heavy atom. The average Bonchev–Trinajstić information content (AvgIpc) is 3.15. The molecule has 1 aliphatic heterocycles. The molecule has 2 amide bonds. The lowest BCUT2D eigenvalue weighted by Gasteiger charge is -2.21. The Kier molecular flexibility index (Phi) is 4.12. The minimum atomic E-state index is -1.52. The lowest BCUT2D eigenvalue weighted by molar-refractivity contribution is -0.114. The second-order valence-electron chi connectivity index (χ2n) is 5.53. The standard InChI is InChI=1S/C16H16FN3O2S/c1-11(21)18-15-19-13(9-23-15)14(22)20-8-7-16(17,10-20)12-5-3-2-4-6-12/h2-6,9H,7-8,10H2,1H3,(H,18,19,21). The van der Waals surface area contributed by atoms with Crippen molar-refractivity contribution in [3.63, 3.8) is 0 Å². The molecule has 2 aromatic rings. The van der Waals surface area contributed by atoms with E-state index in [1.54, 1.807) is 29.6 Å². The Morgan fingerprint density at radius 3 is 2.78 bits per heavy atom. The number of carbonyl (C=O) groups excluding carboxylic acids is 2. The smallest absolute Gasteiger partial charge is 0.273 e. The summed E-state index contributed by atoms with van der Waals surface area (Å²) in [7, 11) is 0. The number of benzene rings is 1. The third-order valence-corrected chi connectivity index (χ3v) is 4.56. The molecule has 120 valence electrons. The van der Waals surface area contributed by atoms with Gasteiger partial charge in [-0.1, -0.05) is 30.3 Å². The second kappa shape index (κ2) is 6.08. The molecule has 1 aliphatic rings. The summed E-state index contributed by atoms with van der Waals surface area (Å²) in [5.74, 6) is -0.556. The summed E-state index contributed by atoms with van der Waals surface area (Å²) >= 11 is 1.18. The summed E-state index contributed by atoms with van der Waals surface area (Å²) in [6, 6.07) is 8.91. The van der Waals surface area contributed by atoms with Crippen molar-refractivity contribution in [2.45, 2.75) is 19.0 Å². The van der Waals surface area contributed by atoms with Crippen molar-refractivity contribution in [1.82, 2.24) is 9.88 Å². The summed E-state index contributed by atoms with van der Waals surface area (Å²) in [5, 5.41) is 4.48. The van der Waals surface area contributed by atoms with Crippen molar-refractivity contribution in [1.29, 1.82) is 0 Å². The number of aromatic nitrogens is 1. The van der Waals surface area contributed by atoms with Gasteiger partial charge >= 0.3 is 0 Å². The van der Waals surface area contributed by atoms with Crippen LogP contribution in [-0.4, -0.2) is 34.8 Å². The molecule has 0 spiro atoms. The quantitative estimate of drug-likeness (QED) is 0.939. The minimum absolute atomic E-state index is 0.0167. The minimum Gasteiger partial charge on any atom is -0.334 e. The van der Waals surface area contributed by atoms with Gasteiger partial charge < -0.3 is 10.2 Å². The van der Waals surface area contributed by atoms with Crippen LogP contribution in [0.4, 0.5) is 9.52 Å². The van der Waals surface area contributed by atoms with Crippen LogP contribution in [0, 0.1) is 0 Å². The Labute approximate surface area is 137 Å². The topological polar surface area (TPSA) is 62.3 Å². The molecule has 0 radical (unpaired) electrons. The number of hydrogen-bond donors (Lipinski definition) is 1. The number of rotatable bonds is 3. The molecule has 23 heavy (non-hydrogen) atoms. The van der Waals surface area contributed by atoms with E-state index in [0.29, 0.717) is 17.2 Å². The number of likely N-dealkylation sites (tertiary alicyclic amines) is 1. The molecule has 3 rings (SSSR count). The van der Waals surface area contributed by atoms with Crippen molar-refractivity contribution in [2.24, 2.45) is 0 Å². The van der Waals surface area contributed by atoms with Gasteiger partial charge in [0.2, 0.25) is 5.91 Å². The van der Waals surface area contributed by atoms with E-state index in [1.807, 2.05) is 6.07 Å². The number of anilines is 1. The van der Waals surface area contributed by atoms with E-state index >= 15 is 4.39 Å². The first kappa shape index (κ1) is 15.6. The van der Waals surface area contributed by atoms with Crippen molar-refractivity contribution in [3.8, 4) is 0 Å².